The minimum absolute atomic E-state index is 0.0559. The fraction of sp³-hybridized carbons (Fsp3) is 0.250. The summed E-state index contributed by atoms with van der Waals surface area (Å²) in [4.78, 5) is 16.4. The van der Waals surface area contributed by atoms with Crippen molar-refractivity contribution in [1.29, 1.82) is 0 Å². The monoisotopic (exact) mass is 269 g/mol. The zero-order valence-electron chi connectivity index (χ0n) is 11.8. The Morgan fingerprint density at radius 3 is 2.50 bits per heavy atom. The van der Waals surface area contributed by atoms with E-state index in [1.165, 1.54) is 0 Å². The van der Waals surface area contributed by atoms with Crippen molar-refractivity contribution in [3.8, 4) is 0 Å². The van der Waals surface area contributed by atoms with Gasteiger partial charge in [-0.2, -0.15) is 0 Å². The summed E-state index contributed by atoms with van der Waals surface area (Å²) >= 11 is 0. The quantitative estimate of drug-likeness (QED) is 0.895. The number of aryl methyl sites for hydroxylation is 2. The number of pyridine rings is 1. The van der Waals surface area contributed by atoms with Gasteiger partial charge >= 0.3 is 0 Å². The van der Waals surface area contributed by atoms with E-state index in [9.17, 15) is 4.79 Å². The lowest BCUT2D eigenvalue weighted by molar-refractivity contribution is -0.115. The van der Waals surface area contributed by atoms with Gasteiger partial charge in [-0.25, -0.2) is 0 Å². The van der Waals surface area contributed by atoms with E-state index in [0.29, 0.717) is 13.0 Å². The van der Waals surface area contributed by atoms with Crippen molar-refractivity contribution in [3.63, 3.8) is 0 Å². The molecular weight excluding hydrogens is 250 g/mol. The molecule has 0 radical (unpaired) electrons. The first kappa shape index (κ1) is 14.2. The van der Waals surface area contributed by atoms with Crippen molar-refractivity contribution in [2.24, 2.45) is 5.73 Å². The molecule has 0 saturated carbocycles. The van der Waals surface area contributed by atoms with Gasteiger partial charge in [-0.1, -0.05) is 24.3 Å². The second-order valence-electron chi connectivity index (χ2n) is 4.78. The summed E-state index contributed by atoms with van der Waals surface area (Å²) in [6.45, 7) is 4.25. The minimum Gasteiger partial charge on any atom is -0.326 e. The molecule has 0 saturated heterocycles. The standard InChI is InChI=1S/C16H19N3O/c1-11-7-8-15(12(2)18-11)19-16(20)9-13-5-3-4-6-14(13)10-17/h3-8H,9-10,17H2,1-2H3,(H,19,20). The lowest BCUT2D eigenvalue weighted by Gasteiger charge is -2.10. The van der Waals surface area contributed by atoms with Crippen LogP contribution in [0.25, 0.3) is 0 Å². The van der Waals surface area contributed by atoms with Crippen molar-refractivity contribution >= 4 is 11.6 Å². The Hall–Kier alpha value is -2.20. The fourth-order valence-corrected chi connectivity index (χ4v) is 2.12. The summed E-state index contributed by atoms with van der Waals surface area (Å²) in [7, 11) is 0. The molecule has 0 aliphatic heterocycles. The smallest absolute Gasteiger partial charge is 0.228 e. The van der Waals surface area contributed by atoms with Crippen LogP contribution in [0.1, 0.15) is 22.5 Å². The number of nitrogens with zero attached hydrogens (tertiary/aromatic N) is 1. The zero-order chi connectivity index (χ0) is 14.5. The molecular formula is C16H19N3O. The number of anilines is 1. The minimum atomic E-state index is -0.0559. The number of benzene rings is 1. The van der Waals surface area contributed by atoms with Crippen LogP contribution in [-0.2, 0) is 17.8 Å². The molecule has 2 aromatic rings. The van der Waals surface area contributed by atoms with Crippen LogP contribution in [0.4, 0.5) is 5.69 Å². The van der Waals surface area contributed by atoms with Gasteiger partial charge in [-0.3, -0.25) is 9.78 Å². The number of carbonyl (C=O) groups excluding carboxylic acids is 1. The van der Waals surface area contributed by atoms with Gasteiger partial charge in [-0.15, -0.1) is 0 Å². The molecule has 0 atom stereocenters. The number of nitrogens with one attached hydrogen (secondary N) is 1. The summed E-state index contributed by atoms with van der Waals surface area (Å²) in [5, 5.41) is 2.89. The van der Waals surface area contributed by atoms with Gasteiger partial charge in [0.2, 0.25) is 5.91 Å². The van der Waals surface area contributed by atoms with Gasteiger partial charge in [0.15, 0.2) is 0 Å². The molecule has 0 bridgehead atoms. The third kappa shape index (κ3) is 3.42. The molecule has 1 aromatic heterocycles. The number of amides is 1. The molecule has 1 heterocycles. The fourth-order valence-electron chi connectivity index (χ4n) is 2.12. The van der Waals surface area contributed by atoms with Crippen molar-refractivity contribution in [2.45, 2.75) is 26.8 Å². The first-order valence-corrected chi connectivity index (χ1v) is 6.61. The Morgan fingerprint density at radius 2 is 1.85 bits per heavy atom. The van der Waals surface area contributed by atoms with Crippen LogP contribution in [0.5, 0.6) is 0 Å². The molecule has 104 valence electrons. The van der Waals surface area contributed by atoms with Crippen LogP contribution < -0.4 is 11.1 Å². The third-order valence-electron chi connectivity index (χ3n) is 3.19. The van der Waals surface area contributed by atoms with Gasteiger partial charge in [0, 0.05) is 12.2 Å². The molecule has 0 aliphatic carbocycles. The predicted octanol–water partition coefficient (Wildman–Crippen LogP) is 2.34. The van der Waals surface area contributed by atoms with E-state index in [0.717, 1.165) is 28.2 Å². The van der Waals surface area contributed by atoms with Crippen molar-refractivity contribution in [2.75, 3.05) is 5.32 Å². The number of aromatic nitrogens is 1. The molecule has 0 unspecified atom stereocenters. The van der Waals surface area contributed by atoms with Gasteiger partial charge in [0.1, 0.15) is 0 Å². The average molecular weight is 269 g/mol. The van der Waals surface area contributed by atoms with Gasteiger partial charge in [0.05, 0.1) is 17.8 Å². The maximum atomic E-state index is 12.1. The van der Waals surface area contributed by atoms with Crippen molar-refractivity contribution in [3.05, 3.63) is 58.9 Å². The maximum absolute atomic E-state index is 12.1. The SMILES string of the molecule is Cc1ccc(NC(=O)Cc2ccccc2CN)c(C)n1. The Morgan fingerprint density at radius 1 is 1.15 bits per heavy atom. The van der Waals surface area contributed by atoms with E-state index in [1.807, 2.05) is 50.2 Å². The van der Waals surface area contributed by atoms with Crippen molar-refractivity contribution in [1.82, 2.24) is 4.98 Å². The largest absolute Gasteiger partial charge is 0.326 e. The van der Waals surface area contributed by atoms with E-state index in [4.69, 9.17) is 5.73 Å². The first-order valence-electron chi connectivity index (χ1n) is 6.61. The number of nitrogens with two attached hydrogens (primary N) is 1. The van der Waals surface area contributed by atoms with Crippen LogP contribution in [0.2, 0.25) is 0 Å². The third-order valence-corrected chi connectivity index (χ3v) is 3.19. The highest BCUT2D eigenvalue weighted by Gasteiger charge is 2.09. The van der Waals surface area contributed by atoms with Crippen LogP contribution in [0.15, 0.2) is 36.4 Å². The van der Waals surface area contributed by atoms with Crippen LogP contribution in [-0.4, -0.2) is 10.9 Å². The normalized spacial score (nSPS) is 10.3. The van der Waals surface area contributed by atoms with Crippen LogP contribution in [0, 0.1) is 13.8 Å². The summed E-state index contributed by atoms with van der Waals surface area (Å²) < 4.78 is 0. The average Bonchev–Trinajstić information content (AvgIpc) is 2.42. The number of hydrogen-bond acceptors (Lipinski definition) is 3. The van der Waals surface area contributed by atoms with Crippen molar-refractivity contribution < 1.29 is 4.79 Å². The molecule has 0 spiro atoms. The highest BCUT2D eigenvalue weighted by atomic mass is 16.1. The van der Waals surface area contributed by atoms with Gasteiger partial charge < -0.3 is 11.1 Å². The highest BCUT2D eigenvalue weighted by Crippen LogP contribution is 2.14. The molecule has 20 heavy (non-hydrogen) atoms. The second kappa shape index (κ2) is 6.30. The maximum Gasteiger partial charge on any atom is 0.228 e. The Kier molecular flexibility index (Phi) is 4.48. The molecule has 0 fully saturated rings. The predicted molar refractivity (Wildman–Crippen MR) is 80.4 cm³/mol. The van der Waals surface area contributed by atoms with Gasteiger partial charge in [0.25, 0.3) is 0 Å². The number of rotatable bonds is 4. The molecule has 1 aromatic carbocycles. The van der Waals surface area contributed by atoms with E-state index in [1.54, 1.807) is 0 Å². The summed E-state index contributed by atoms with van der Waals surface area (Å²) in [5.41, 5.74) is 10.2. The molecule has 1 amide bonds. The number of carbonyl (C=O) groups is 1. The van der Waals surface area contributed by atoms with Crippen LogP contribution in [0.3, 0.4) is 0 Å². The van der Waals surface area contributed by atoms with E-state index < -0.39 is 0 Å². The first-order chi connectivity index (χ1) is 9.60. The topological polar surface area (TPSA) is 68.0 Å². The molecule has 4 heteroatoms. The molecule has 2 rings (SSSR count). The zero-order valence-corrected chi connectivity index (χ0v) is 11.8. The Labute approximate surface area is 119 Å². The van der Waals surface area contributed by atoms with E-state index in [-0.39, 0.29) is 5.91 Å². The van der Waals surface area contributed by atoms with E-state index in [2.05, 4.69) is 10.3 Å². The van der Waals surface area contributed by atoms with Crippen LogP contribution >= 0.6 is 0 Å². The lowest BCUT2D eigenvalue weighted by atomic mass is 10.0. The van der Waals surface area contributed by atoms with E-state index >= 15 is 0 Å². The summed E-state index contributed by atoms with van der Waals surface area (Å²) in [6, 6.07) is 11.5. The molecule has 4 nitrogen and oxygen atoms in total. The Balaban J connectivity index is 2.09. The lowest BCUT2D eigenvalue weighted by Crippen LogP contribution is -2.17. The molecule has 0 aliphatic rings. The summed E-state index contributed by atoms with van der Waals surface area (Å²) in [6.07, 6.45) is 0.320. The van der Waals surface area contributed by atoms with Gasteiger partial charge in [-0.05, 0) is 37.1 Å². The molecule has 3 N–H and O–H groups in total. The summed E-state index contributed by atoms with van der Waals surface area (Å²) in [5.74, 6) is -0.0559. The Bertz CT molecular complexity index is 623. The number of hydrogen-bond donors (Lipinski definition) is 2. The second-order valence-corrected chi connectivity index (χ2v) is 4.78. The highest BCUT2D eigenvalue weighted by molar-refractivity contribution is 5.92.